The van der Waals surface area contributed by atoms with Crippen LogP contribution in [0.15, 0.2) is 30.7 Å². The Labute approximate surface area is 154 Å². The Morgan fingerprint density at radius 1 is 1.35 bits per heavy atom. The molecule has 0 saturated carbocycles. The monoisotopic (exact) mass is 389 g/mol. The minimum atomic E-state index is -0.704. The Balaban J connectivity index is 1.98. The summed E-state index contributed by atoms with van der Waals surface area (Å²) < 4.78 is 16.7. The number of rotatable bonds is 4. The molecule has 2 N–H and O–H groups in total. The fraction of sp³-hybridized carbons (Fsp3) is 0.118. The number of imidazole rings is 1. The van der Waals surface area contributed by atoms with Gasteiger partial charge in [0.1, 0.15) is 5.65 Å². The third kappa shape index (κ3) is 2.55. The van der Waals surface area contributed by atoms with Gasteiger partial charge in [-0.25, -0.2) is 9.37 Å². The highest BCUT2D eigenvalue weighted by Crippen LogP contribution is 2.40. The van der Waals surface area contributed by atoms with Gasteiger partial charge in [0.15, 0.2) is 11.6 Å². The molecule has 0 aliphatic heterocycles. The molecule has 0 spiro atoms. The van der Waals surface area contributed by atoms with E-state index >= 15 is 0 Å². The molecule has 0 bridgehead atoms. The number of hydrogen-bond donors (Lipinski definition) is 2. The van der Waals surface area contributed by atoms with Crippen LogP contribution in [-0.2, 0) is 4.79 Å². The number of carbonyl (C=O) groups excluding carboxylic acids is 1. The quantitative estimate of drug-likeness (QED) is 0.413. The normalized spacial score (nSPS) is 11.6. The van der Waals surface area contributed by atoms with E-state index in [0.29, 0.717) is 34.3 Å². The number of aromatic amines is 1. The van der Waals surface area contributed by atoms with Crippen LogP contribution < -0.4 is 10.6 Å². The van der Waals surface area contributed by atoms with Crippen LogP contribution in [0.5, 0.6) is 0 Å². The van der Waals surface area contributed by atoms with Crippen molar-refractivity contribution >= 4 is 53.6 Å². The number of hydrogen-bond acceptors (Lipinski definition) is 3. The highest BCUT2D eigenvalue weighted by atomic mass is 35.5. The number of H-pyrrole nitrogens is 1. The molecule has 3 aromatic heterocycles. The first kappa shape index (κ1) is 16.9. The van der Waals surface area contributed by atoms with Gasteiger partial charge in [0, 0.05) is 28.0 Å². The summed E-state index contributed by atoms with van der Waals surface area (Å²) in [7, 11) is -0.704. The molecule has 1 aromatic carbocycles. The summed E-state index contributed by atoms with van der Waals surface area (Å²) in [6.07, 6.45) is 5.70. The number of aromatic nitrogens is 4. The van der Waals surface area contributed by atoms with Crippen molar-refractivity contribution in [2.45, 2.75) is 0 Å². The zero-order valence-corrected chi connectivity index (χ0v) is 15.6. The van der Waals surface area contributed by atoms with Gasteiger partial charge in [-0.3, -0.25) is 9.89 Å². The number of fused-ring (bicyclic) bond motifs is 2. The average molecular weight is 390 g/mol. The molecule has 4 rings (SSSR count). The molecular weight excluding hydrogens is 376 g/mol. The largest absolute Gasteiger partial charge is 0.312 e. The van der Waals surface area contributed by atoms with E-state index in [1.165, 1.54) is 0 Å². The van der Waals surface area contributed by atoms with Crippen LogP contribution in [0.2, 0.25) is 5.02 Å². The molecule has 0 radical (unpaired) electrons. The summed E-state index contributed by atoms with van der Waals surface area (Å²) in [4.78, 5) is 14.9. The molecule has 3 heterocycles. The lowest BCUT2D eigenvalue weighted by atomic mass is 10.0. The van der Waals surface area contributed by atoms with Gasteiger partial charge >= 0.3 is 0 Å². The van der Waals surface area contributed by atoms with Gasteiger partial charge in [-0.05, 0) is 25.5 Å². The van der Waals surface area contributed by atoms with E-state index in [9.17, 15) is 9.18 Å². The van der Waals surface area contributed by atoms with E-state index in [4.69, 9.17) is 11.6 Å². The lowest BCUT2D eigenvalue weighted by Crippen LogP contribution is -2.10. The SMILES string of the molecule is CP(C)c1c(F)c(Cl)c(-c2ccc3nc(NC=O)cn3c2)c2cn[nH]c12. The number of nitrogens with one attached hydrogen (secondary N) is 2. The minimum Gasteiger partial charge on any atom is -0.312 e. The van der Waals surface area contributed by atoms with Crippen LogP contribution >= 0.6 is 19.5 Å². The smallest absolute Gasteiger partial charge is 0.212 e. The van der Waals surface area contributed by atoms with Crippen LogP contribution in [0.25, 0.3) is 27.7 Å². The number of nitrogens with zero attached hydrogens (tertiary/aromatic N) is 3. The first-order valence-electron chi connectivity index (χ1n) is 7.72. The van der Waals surface area contributed by atoms with Crippen molar-refractivity contribution in [3.05, 3.63) is 41.6 Å². The fourth-order valence-electron chi connectivity index (χ4n) is 3.07. The predicted molar refractivity (Wildman–Crippen MR) is 103 cm³/mol. The van der Waals surface area contributed by atoms with E-state index in [0.717, 1.165) is 10.9 Å². The van der Waals surface area contributed by atoms with Gasteiger partial charge < -0.3 is 9.72 Å². The molecule has 0 fully saturated rings. The zero-order chi connectivity index (χ0) is 18.4. The van der Waals surface area contributed by atoms with Gasteiger partial charge in [-0.2, -0.15) is 5.10 Å². The Morgan fingerprint density at radius 2 is 2.15 bits per heavy atom. The molecule has 4 aromatic rings. The highest BCUT2D eigenvalue weighted by molar-refractivity contribution is 7.64. The van der Waals surface area contributed by atoms with E-state index in [-0.39, 0.29) is 5.02 Å². The summed E-state index contributed by atoms with van der Waals surface area (Å²) in [5, 5.41) is 10.9. The van der Waals surface area contributed by atoms with Crippen molar-refractivity contribution in [1.82, 2.24) is 19.6 Å². The molecule has 1 amide bonds. The summed E-state index contributed by atoms with van der Waals surface area (Å²) in [6, 6.07) is 3.60. The summed E-state index contributed by atoms with van der Waals surface area (Å²) in [6.45, 7) is 3.95. The molecule has 132 valence electrons. The Hall–Kier alpha value is -2.50. The lowest BCUT2D eigenvalue weighted by molar-refractivity contribution is -0.105. The minimum absolute atomic E-state index is 0.0794. The van der Waals surface area contributed by atoms with E-state index < -0.39 is 13.7 Å². The van der Waals surface area contributed by atoms with Gasteiger partial charge in [0.25, 0.3) is 0 Å². The van der Waals surface area contributed by atoms with Crippen LogP contribution in [0.4, 0.5) is 10.2 Å². The topological polar surface area (TPSA) is 75.1 Å². The maximum Gasteiger partial charge on any atom is 0.212 e. The second-order valence-electron chi connectivity index (χ2n) is 5.98. The van der Waals surface area contributed by atoms with Crippen LogP contribution in [0.1, 0.15) is 0 Å². The third-order valence-electron chi connectivity index (χ3n) is 4.16. The third-order valence-corrected chi connectivity index (χ3v) is 5.83. The van der Waals surface area contributed by atoms with Crippen LogP contribution in [0.3, 0.4) is 0 Å². The fourth-order valence-corrected chi connectivity index (χ4v) is 4.56. The molecule has 26 heavy (non-hydrogen) atoms. The van der Waals surface area contributed by atoms with Crippen LogP contribution in [0, 0.1) is 5.82 Å². The first-order valence-corrected chi connectivity index (χ1v) is 10.3. The van der Waals surface area contributed by atoms with Gasteiger partial charge in [0.2, 0.25) is 6.41 Å². The van der Waals surface area contributed by atoms with Crippen molar-refractivity contribution in [2.75, 3.05) is 18.6 Å². The molecular formula is C17H14ClFN5OP. The molecule has 0 aliphatic carbocycles. The Morgan fingerprint density at radius 3 is 2.88 bits per heavy atom. The van der Waals surface area contributed by atoms with Crippen molar-refractivity contribution in [2.24, 2.45) is 0 Å². The predicted octanol–water partition coefficient (Wildman–Crippen LogP) is 3.61. The molecule has 0 aliphatic rings. The second kappa shape index (κ2) is 6.34. The van der Waals surface area contributed by atoms with Gasteiger partial charge in [0.05, 0.1) is 22.9 Å². The summed E-state index contributed by atoms with van der Waals surface area (Å²) in [5.41, 5.74) is 2.63. The number of amides is 1. The number of pyridine rings is 1. The van der Waals surface area contributed by atoms with E-state index in [2.05, 4.69) is 20.5 Å². The van der Waals surface area contributed by atoms with Crippen molar-refractivity contribution < 1.29 is 9.18 Å². The molecule has 0 unspecified atom stereocenters. The maximum absolute atomic E-state index is 15.0. The average Bonchev–Trinajstić information content (AvgIpc) is 3.21. The van der Waals surface area contributed by atoms with Gasteiger partial charge in [-0.1, -0.05) is 19.5 Å². The summed E-state index contributed by atoms with van der Waals surface area (Å²) in [5.74, 6) is 0.0180. The second-order valence-corrected chi connectivity index (χ2v) is 8.59. The molecule has 6 nitrogen and oxygen atoms in total. The highest BCUT2D eigenvalue weighted by Gasteiger charge is 2.22. The number of anilines is 1. The van der Waals surface area contributed by atoms with Gasteiger partial charge in [-0.15, -0.1) is 0 Å². The number of benzene rings is 1. The van der Waals surface area contributed by atoms with E-state index in [1.807, 2.05) is 19.4 Å². The van der Waals surface area contributed by atoms with Crippen molar-refractivity contribution in [3.8, 4) is 11.1 Å². The standard InChI is InChI=1S/C17H14ClFN5OP/c1-26(2)17-15(19)14(18)13(10-5-21-23-16(10)17)9-3-4-12-22-11(20-8-25)7-24(12)6-9/h3-8H,1-2H3,(H,20,25)(H,21,23). The van der Waals surface area contributed by atoms with Crippen molar-refractivity contribution in [1.29, 1.82) is 0 Å². The lowest BCUT2D eigenvalue weighted by Gasteiger charge is -2.15. The van der Waals surface area contributed by atoms with E-state index in [1.54, 1.807) is 29.1 Å². The Kier molecular flexibility index (Phi) is 4.13. The number of halogens is 2. The Bertz CT molecular complexity index is 1150. The zero-order valence-electron chi connectivity index (χ0n) is 13.9. The molecule has 9 heteroatoms. The molecule has 0 saturated heterocycles. The number of carbonyl (C=O) groups is 1. The first-order chi connectivity index (χ1) is 12.5. The van der Waals surface area contributed by atoms with Crippen molar-refractivity contribution in [3.63, 3.8) is 0 Å². The summed E-state index contributed by atoms with van der Waals surface area (Å²) >= 11 is 6.43. The maximum atomic E-state index is 15.0. The van der Waals surface area contributed by atoms with Crippen LogP contribution in [-0.4, -0.2) is 39.3 Å². The molecule has 0 atom stereocenters.